The Labute approximate surface area is 229 Å². The zero-order chi connectivity index (χ0) is 27.5. The van der Waals surface area contributed by atoms with Crippen molar-refractivity contribution in [2.45, 2.75) is 51.5 Å². The van der Waals surface area contributed by atoms with E-state index in [9.17, 15) is 14.7 Å². The van der Waals surface area contributed by atoms with Gasteiger partial charge in [-0.3, -0.25) is 9.59 Å². The maximum atomic E-state index is 11.6. The topological polar surface area (TPSA) is 88.8 Å². The van der Waals surface area contributed by atoms with Crippen LogP contribution in [-0.4, -0.2) is 33.3 Å². The molecule has 0 aliphatic rings. The Kier molecular flexibility index (Phi) is 9.95. The minimum absolute atomic E-state index is 0.0686. The molecule has 0 bridgehead atoms. The number of hydrogen-bond acceptors (Lipinski definition) is 3. The second kappa shape index (κ2) is 14.0. The molecule has 202 valence electrons. The lowest BCUT2D eigenvalue weighted by atomic mass is 10.0. The zero-order valence-electron chi connectivity index (χ0n) is 22.1. The van der Waals surface area contributed by atoms with Gasteiger partial charge in [0.2, 0.25) is 0 Å². The standard InChI is InChI=1S/C33H35NO5/c35-31(36)14-4-6-21-34-24-28(23-32(37)38)33-27(12-8-13-30(33)34)18-15-26-16-19-29(20-17-26)39-22-7-5-11-25-9-2-1-3-10-25/h1-3,8-10,12-13,15-20,24H,4-7,11,14,21-23H2,(H,35,36)(H,37,38). The number of rotatable bonds is 15. The molecule has 6 nitrogen and oxygen atoms in total. The Morgan fingerprint density at radius 3 is 2.33 bits per heavy atom. The molecular formula is C33H35NO5. The molecule has 4 rings (SSSR count). The van der Waals surface area contributed by atoms with Crippen LogP contribution in [0.5, 0.6) is 5.75 Å². The summed E-state index contributed by atoms with van der Waals surface area (Å²) in [7, 11) is 0. The number of fused-ring (bicyclic) bond motifs is 1. The van der Waals surface area contributed by atoms with Crippen LogP contribution in [0.1, 0.15) is 54.4 Å². The lowest BCUT2D eigenvalue weighted by molar-refractivity contribution is -0.137. The predicted octanol–water partition coefficient (Wildman–Crippen LogP) is 7.10. The summed E-state index contributed by atoms with van der Waals surface area (Å²) in [5.74, 6) is -0.836. The van der Waals surface area contributed by atoms with Gasteiger partial charge in [-0.2, -0.15) is 0 Å². The number of hydrogen-bond donors (Lipinski definition) is 2. The first kappa shape index (κ1) is 27.7. The molecule has 1 heterocycles. The Morgan fingerprint density at radius 2 is 1.59 bits per heavy atom. The van der Waals surface area contributed by atoms with Crippen molar-refractivity contribution >= 4 is 35.0 Å². The van der Waals surface area contributed by atoms with Crippen LogP contribution in [0.4, 0.5) is 0 Å². The number of aryl methyl sites for hydroxylation is 2. The number of carboxylic acids is 2. The van der Waals surface area contributed by atoms with Gasteiger partial charge in [0.15, 0.2) is 0 Å². The predicted molar refractivity (Wildman–Crippen MR) is 155 cm³/mol. The molecular weight excluding hydrogens is 490 g/mol. The summed E-state index contributed by atoms with van der Waals surface area (Å²) >= 11 is 0. The van der Waals surface area contributed by atoms with E-state index in [4.69, 9.17) is 9.84 Å². The monoisotopic (exact) mass is 525 g/mol. The van der Waals surface area contributed by atoms with Crippen LogP contribution in [-0.2, 0) is 29.0 Å². The summed E-state index contributed by atoms with van der Waals surface area (Å²) < 4.78 is 7.95. The van der Waals surface area contributed by atoms with E-state index in [2.05, 4.69) is 24.3 Å². The van der Waals surface area contributed by atoms with Crippen LogP contribution >= 0.6 is 0 Å². The van der Waals surface area contributed by atoms with Gasteiger partial charge in [-0.1, -0.05) is 66.7 Å². The summed E-state index contributed by atoms with van der Waals surface area (Å²) in [6.45, 7) is 1.33. The van der Waals surface area contributed by atoms with Crippen molar-refractivity contribution in [2.24, 2.45) is 0 Å². The molecule has 0 radical (unpaired) electrons. The number of unbranched alkanes of at least 4 members (excludes halogenated alkanes) is 2. The van der Waals surface area contributed by atoms with Gasteiger partial charge in [-0.15, -0.1) is 0 Å². The molecule has 0 saturated carbocycles. The second-order valence-electron chi connectivity index (χ2n) is 9.70. The highest BCUT2D eigenvalue weighted by molar-refractivity contribution is 5.96. The summed E-state index contributed by atoms with van der Waals surface area (Å²) in [5.41, 5.74) is 5.04. The number of aromatic nitrogens is 1. The molecule has 1 aromatic heterocycles. The molecule has 0 spiro atoms. The van der Waals surface area contributed by atoms with Gasteiger partial charge in [0.05, 0.1) is 13.0 Å². The minimum Gasteiger partial charge on any atom is -0.494 e. The summed E-state index contributed by atoms with van der Waals surface area (Å²) in [4.78, 5) is 22.4. The molecule has 0 amide bonds. The van der Waals surface area contributed by atoms with Crippen LogP contribution in [0.2, 0.25) is 0 Å². The van der Waals surface area contributed by atoms with Crippen molar-refractivity contribution in [1.29, 1.82) is 0 Å². The van der Waals surface area contributed by atoms with Gasteiger partial charge < -0.3 is 19.5 Å². The number of benzene rings is 3. The third-order valence-electron chi connectivity index (χ3n) is 6.71. The lowest BCUT2D eigenvalue weighted by Crippen LogP contribution is -2.00. The van der Waals surface area contributed by atoms with E-state index < -0.39 is 11.9 Å². The molecule has 0 saturated heterocycles. The molecule has 0 fully saturated rings. The number of carbonyl (C=O) groups is 2. The SMILES string of the molecule is O=C(O)CCCCn1cc(CC(=O)O)c2c(C=Cc3ccc(OCCCCc4ccccc4)cc3)cccc21. The van der Waals surface area contributed by atoms with E-state index in [0.29, 0.717) is 26.0 Å². The van der Waals surface area contributed by atoms with Crippen molar-refractivity contribution < 1.29 is 24.5 Å². The number of ether oxygens (including phenoxy) is 1. The third kappa shape index (κ3) is 8.34. The average Bonchev–Trinajstić information content (AvgIpc) is 3.28. The largest absolute Gasteiger partial charge is 0.494 e. The van der Waals surface area contributed by atoms with E-state index in [1.165, 1.54) is 5.56 Å². The zero-order valence-corrected chi connectivity index (χ0v) is 22.1. The highest BCUT2D eigenvalue weighted by Crippen LogP contribution is 2.28. The fourth-order valence-corrected chi connectivity index (χ4v) is 4.78. The van der Waals surface area contributed by atoms with E-state index >= 15 is 0 Å². The summed E-state index contributed by atoms with van der Waals surface area (Å²) in [6.07, 6.45) is 10.4. The molecule has 0 aliphatic carbocycles. The maximum absolute atomic E-state index is 11.6. The average molecular weight is 526 g/mol. The van der Waals surface area contributed by atoms with Crippen molar-refractivity contribution in [3.63, 3.8) is 0 Å². The lowest BCUT2D eigenvalue weighted by Gasteiger charge is -2.07. The number of nitrogens with zero attached hydrogens (tertiary/aromatic N) is 1. The van der Waals surface area contributed by atoms with Crippen molar-refractivity contribution in [1.82, 2.24) is 4.57 Å². The van der Waals surface area contributed by atoms with Crippen LogP contribution in [0.3, 0.4) is 0 Å². The Bertz CT molecular complexity index is 1400. The van der Waals surface area contributed by atoms with Gasteiger partial charge in [-0.25, -0.2) is 0 Å². The number of carboxylic acid groups (broad SMARTS) is 2. The molecule has 0 unspecified atom stereocenters. The highest BCUT2D eigenvalue weighted by atomic mass is 16.5. The molecule has 2 N–H and O–H groups in total. The molecule has 0 atom stereocenters. The molecule has 4 aromatic rings. The third-order valence-corrected chi connectivity index (χ3v) is 6.71. The fourth-order valence-electron chi connectivity index (χ4n) is 4.78. The van der Waals surface area contributed by atoms with Crippen molar-refractivity contribution in [3.05, 3.63) is 101 Å². The molecule has 3 aromatic carbocycles. The van der Waals surface area contributed by atoms with Gasteiger partial charge >= 0.3 is 11.9 Å². The number of aliphatic carboxylic acids is 2. The Morgan fingerprint density at radius 1 is 0.795 bits per heavy atom. The second-order valence-corrected chi connectivity index (χ2v) is 9.70. The minimum atomic E-state index is -0.880. The first-order valence-electron chi connectivity index (χ1n) is 13.5. The van der Waals surface area contributed by atoms with E-state index in [1.54, 1.807) is 0 Å². The molecule has 6 heteroatoms. The molecule has 39 heavy (non-hydrogen) atoms. The first-order chi connectivity index (χ1) is 19.0. The first-order valence-corrected chi connectivity index (χ1v) is 13.5. The van der Waals surface area contributed by atoms with E-state index in [1.807, 2.05) is 71.4 Å². The van der Waals surface area contributed by atoms with Crippen LogP contribution < -0.4 is 4.74 Å². The van der Waals surface area contributed by atoms with Crippen LogP contribution in [0.15, 0.2) is 79.0 Å². The molecule has 0 aliphatic heterocycles. The van der Waals surface area contributed by atoms with Gasteiger partial charge in [0.1, 0.15) is 5.75 Å². The van der Waals surface area contributed by atoms with Crippen LogP contribution in [0, 0.1) is 0 Å². The fraction of sp³-hybridized carbons (Fsp3) is 0.273. The van der Waals surface area contributed by atoms with Gasteiger partial charge in [0.25, 0.3) is 0 Å². The van der Waals surface area contributed by atoms with E-state index in [-0.39, 0.29) is 12.8 Å². The quantitative estimate of drug-likeness (QED) is 0.128. The Balaban J connectivity index is 1.39. The smallest absolute Gasteiger partial charge is 0.307 e. The van der Waals surface area contributed by atoms with Crippen molar-refractivity contribution in [2.75, 3.05) is 6.61 Å². The van der Waals surface area contributed by atoms with Gasteiger partial charge in [-0.05, 0) is 72.6 Å². The summed E-state index contributed by atoms with van der Waals surface area (Å²) in [5, 5.41) is 19.3. The van der Waals surface area contributed by atoms with Crippen LogP contribution in [0.25, 0.3) is 23.1 Å². The summed E-state index contributed by atoms with van der Waals surface area (Å²) in [6, 6.07) is 24.4. The highest BCUT2D eigenvalue weighted by Gasteiger charge is 2.14. The Hall–Kier alpha value is -4.32. The normalized spacial score (nSPS) is 11.3. The van der Waals surface area contributed by atoms with Crippen molar-refractivity contribution in [3.8, 4) is 5.75 Å². The van der Waals surface area contributed by atoms with Gasteiger partial charge in [0, 0.05) is 30.1 Å². The van der Waals surface area contributed by atoms with E-state index in [0.717, 1.165) is 52.6 Å². The maximum Gasteiger partial charge on any atom is 0.307 e.